The van der Waals surface area contributed by atoms with Crippen LogP contribution in [0, 0.1) is 11.6 Å². The number of aromatic nitrogens is 4. The van der Waals surface area contributed by atoms with Gasteiger partial charge in [0, 0.05) is 18.0 Å². The van der Waals surface area contributed by atoms with Crippen LogP contribution in [-0.2, 0) is 0 Å². The summed E-state index contributed by atoms with van der Waals surface area (Å²) in [5.41, 5.74) is 0.205. The van der Waals surface area contributed by atoms with Crippen LogP contribution >= 0.6 is 0 Å². The van der Waals surface area contributed by atoms with Gasteiger partial charge in [0.15, 0.2) is 0 Å². The van der Waals surface area contributed by atoms with Crippen LogP contribution in [0.25, 0.3) is 16.9 Å². The van der Waals surface area contributed by atoms with E-state index >= 15 is 0 Å². The van der Waals surface area contributed by atoms with Crippen LogP contribution in [-0.4, -0.2) is 19.6 Å². The van der Waals surface area contributed by atoms with Crippen molar-refractivity contribution in [3.8, 4) is 11.1 Å². The van der Waals surface area contributed by atoms with Gasteiger partial charge in [0.1, 0.15) is 18.0 Å². The van der Waals surface area contributed by atoms with Crippen LogP contribution in [0.4, 0.5) is 8.78 Å². The van der Waals surface area contributed by atoms with Gasteiger partial charge in [0.2, 0.25) is 0 Å². The first-order chi connectivity index (χ1) is 8.25. The monoisotopic (exact) mass is 232 g/mol. The van der Waals surface area contributed by atoms with Gasteiger partial charge in [-0.05, 0) is 12.1 Å². The van der Waals surface area contributed by atoms with Crippen molar-refractivity contribution in [1.82, 2.24) is 19.6 Å². The lowest BCUT2D eigenvalue weighted by atomic mass is 10.1. The standard InChI is InChI=1S/C11H6F2N4/c12-8-2-1-3-9(13)10(8)7-4-14-11-15-6-16-17(11)5-7/h1-6H. The van der Waals surface area contributed by atoms with E-state index in [2.05, 4.69) is 15.1 Å². The fourth-order valence-electron chi connectivity index (χ4n) is 1.62. The van der Waals surface area contributed by atoms with Gasteiger partial charge >= 0.3 is 0 Å². The lowest BCUT2D eigenvalue weighted by Crippen LogP contribution is -1.95. The van der Waals surface area contributed by atoms with Crippen LogP contribution in [0.2, 0.25) is 0 Å². The van der Waals surface area contributed by atoms with Crippen LogP contribution in [0.5, 0.6) is 0 Å². The molecular formula is C11H6F2N4. The highest BCUT2D eigenvalue weighted by molar-refractivity contribution is 5.63. The molecule has 4 nitrogen and oxygen atoms in total. The summed E-state index contributed by atoms with van der Waals surface area (Å²) < 4.78 is 28.5. The van der Waals surface area contributed by atoms with Crippen molar-refractivity contribution in [2.75, 3.05) is 0 Å². The Morgan fingerprint density at radius 1 is 1.06 bits per heavy atom. The Labute approximate surface area is 94.6 Å². The van der Waals surface area contributed by atoms with E-state index in [-0.39, 0.29) is 5.56 Å². The van der Waals surface area contributed by atoms with Gasteiger partial charge in [-0.15, -0.1) is 0 Å². The van der Waals surface area contributed by atoms with Crippen molar-refractivity contribution in [1.29, 1.82) is 0 Å². The second-order valence-corrected chi connectivity index (χ2v) is 3.44. The highest BCUT2D eigenvalue weighted by Crippen LogP contribution is 2.24. The normalized spacial score (nSPS) is 10.9. The number of benzene rings is 1. The first-order valence-corrected chi connectivity index (χ1v) is 4.85. The van der Waals surface area contributed by atoms with E-state index in [1.807, 2.05) is 0 Å². The molecule has 0 aliphatic carbocycles. The van der Waals surface area contributed by atoms with E-state index < -0.39 is 11.6 Å². The van der Waals surface area contributed by atoms with E-state index in [4.69, 9.17) is 0 Å². The molecule has 6 heteroatoms. The van der Waals surface area contributed by atoms with Gasteiger partial charge in [-0.1, -0.05) is 6.07 Å². The van der Waals surface area contributed by atoms with Crippen molar-refractivity contribution < 1.29 is 8.78 Å². The van der Waals surface area contributed by atoms with Crippen molar-refractivity contribution in [3.05, 3.63) is 48.6 Å². The molecule has 0 aliphatic rings. The predicted molar refractivity (Wildman–Crippen MR) is 56.1 cm³/mol. The zero-order valence-corrected chi connectivity index (χ0v) is 8.51. The van der Waals surface area contributed by atoms with E-state index in [0.717, 1.165) is 0 Å². The number of rotatable bonds is 1. The molecule has 0 fully saturated rings. The number of fused-ring (bicyclic) bond motifs is 1. The first-order valence-electron chi connectivity index (χ1n) is 4.85. The van der Waals surface area contributed by atoms with Gasteiger partial charge in [-0.2, -0.15) is 10.1 Å². The van der Waals surface area contributed by atoms with Gasteiger partial charge in [0.05, 0.1) is 5.56 Å². The van der Waals surface area contributed by atoms with Crippen LogP contribution in [0.1, 0.15) is 0 Å². The molecule has 0 bridgehead atoms. The third-order valence-electron chi connectivity index (χ3n) is 2.39. The maximum absolute atomic E-state index is 13.5. The topological polar surface area (TPSA) is 43.1 Å². The molecule has 0 saturated heterocycles. The summed E-state index contributed by atoms with van der Waals surface area (Å²) >= 11 is 0. The smallest absolute Gasteiger partial charge is 0.219 e. The largest absolute Gasteiger partial charge is 0.252 e. The van der Waals surface area contributed by atoms with E-state index in [9.17, 15) is 8.78 Å². The number of hydrogen-bond acceptors (Lipinski definition) is 3. The summed E-state index contributed by atoms with van der Waals surface area (Å²) in [5, 5.41) is 3.86. The van der Waals surface area contributed by atoms with Gasteiger partial charge in [-0.3, -0.25) is 0 Å². The lowest BCUT2D eigenvalue weighted by molar-refractivity contribution is 0.589. The molecule has 3 rings (SSSR count). The minimum absolute atomic E-state index is 0.114. The summed E-state index contributed by atoms with van der Waals surface area (Å²) in [4.78, 5) is 7.81. The SMILES string of the molecule is Fc1cccc(F)c1-c1cnc2ncnn2c1. The zero-order chi connectivity index (χ0) is 11.8. The quantitative estimate of drug-likeness (QED) is 0.645. The molecule has 0 aliphatic heterocycles. The molecule has 17 heavy (non-hydrogen) atoms. The summed E-state index contributed by atoms with van der Waals surface area (Å²) in [6.45, 7) is 0. The van der Waals surface area contributed by atoms with Gasteiger partial charge < -0.3 is 0 Å². The summed E-state index contributed by atoms with van der Waals surface area (Å²) in [7, 11) is 0. The predicted octanol–water partition coefficient (Wildman–Crippen LogP) is 2.07. The second kappa shape index (κ2) is 3.58. The summed E-state index contributed by atoms with van der Waals surface area (Å²) in [5.74, 6) is -0.886. The molecule has 2 heterocycles. The summed E-state index contributed by atoms with van der Waals surface area (Å²) in [6, 6.07) is 3.71. The number of halogens is 2. The van der Waals surface area contributed by atoms with Crippen molar-refractivity contribution in [2.45, 2.75) is 0 Å². The van der Waals surface area contributed by atoms with E-state index in [1.54, 1.807) is 0 Å². The van der Waals surface area contributed by atoms with Crippen molar-refractivity contribution in [3.63, 3.8) is 0 Å². The Morgan fingerprint density at radius 3 is 2.59 bits per heavy atom. The van der Waals surface area contributed by atoms with Crippen molar-refractivity contribution in [2.24, 2.45) is 0 Å². The van der Waals surface area contributed by atoms with Crippen LogP contribution in [0.15, 0.2) is 36.9 Å². The molecule has 0 radical (unpaired) electrons. The number of hydrogen-bond donors (Lipinski definition) is 0. The third kappa shape index (κ3) is 1.54. The van der Waals surface area contributed by atoms with Crippen LogP contribution in [0.3, 0.4) is 0 Å². The molecule has 0 amide bonds. The molecule has 84 valence electrons. The molecule has 0 atom stereocenters. The maximum Gasteiger partial charge on any atom is 0.252 e. The molecule has 0 saturated carbocycles. The molecule has 0 N–H and O–H groups in total. The van der Waals surface area contributed by atoms with Crippen LogP contribution < -0.4 is 0 Å². The Morgan fingerprint density at radius 2 is 1.82 bits per heavy atom. The number of nitrogens with zero attached hydrogens (tertiary/aromatic N) is 4. The highest BCUT2D eigenvalue weighted by atomic mass is 19.1. The fourth-order valence-corrected chi connectivity index (χ4v) is 1.62. The molecule has 0 spiro atoms. The fraction of sp³-hybridized carbons (Fsp3) is 0. The average molecular weight is 232 g/mol. The molecule has 3 aromatic rings. The summed E-state index contributed by atoms with van der Waals surface area (Å²) in [6.07, 6.45) is 4.17. The molecule has 1 aromatic carbocycles. The Kier molecular flexibility index (Phi) is 2.07. The molecule has 2 aromatic heterocycles. The van der Waals surface area contributed by atoms with E-state index in [1.165, 1.54) is 41.4 Å². The average Bonchev–Trinajstić information content (AvgIpc) is 2.76. The van der Waals surface area contributed by atoms with Gasteiger partial charge in [0.25, 0.3) is 5.78 Å². The lowest BCUT2D eigenvalue weighted by Gasteiger charge is -2.04. The maximum atomic E-state index is 13.5. The Balaban J connectivity index is 2.26. The van der Waals surface area contributed by atoms with Gasteiger partial charge in [-0.25, -0.2) is 18.3 Å². The minimum atomic E-state index is -0.633. The zero-order valence-electron chi connectivity index (χ0n) is 8.51. The van der Waals surface area contributed by atoms with E-state index in [0.29, 0.717) is 11.3 Å². The molecule has 0 unspecified atom stereocenters. The first kappa shape index (κ1) is 9.83. The Bertz CT molecular complexity index is 673. The Hall–Kier alpha value is -2.37. The minimum Gasteiger partial charge on any atom is -0.219 e. The second-order valence-electron chi connectivity index (χ2n) is 3.44. The highest BCUT2D eigenvalue weighted by Gasteiger charge is 2.12. The third-order valence-corrected chi connectivity index (χ3v) is 2.39. The van der Waals surface area contributed by atoms with Crippen molar-refractivity contribution >= 4 is 5.78 Å². The molecular weight excluding hydrogens is 226 g/mol.